The van der Waals surface area contributed by atoms with Crippen LogP contribution in [0.1, 0.15) is 18.1 Å². The van der Waals surface area contributed by atoms with Gasteiger partial charge in [-0.1, -0.05) is 6.07 Å². The molecule has 1 aromatic rings. The van der Waals surface area contributed by atoms with Crippen LogP contribution in [0, 0.1) is 6.92 Å². The topological polar surface area (TPSA) is 35.2 Å². The Kier molecular flexibility index (Phi) is 3.96. The van der Waals surface area contributed by atoms with E-state index in [-0.39, 0.29) is 6.04 Å². The summed E-state index contributed by atoms with van der Waals surface area (Å²) in [5, 5.41) is 0. The Bertz CT molecular complexity index is 323. The van der Waals surface area contributed by atoms with E-state index < -0.39 is 0 Å². The number of nitrogens with two attached hydrogens (primary N) is 1. The zero-order valence-corrected chi connectivity index (χ0v) is 10.4. The van der Waals surface area contributed by atoms with Gasteiger partial charge in [-0.05, 0) is 53.4 Å². The fraction of sp³-hybridized carbons (Fsp3) is 0.455. The number of halogens is 1. The van der Waals surface area contributed by atoms with Crippen LogP contribution in [0.15, 0.2) is 16.6 Å². The lowest BCUT2D eigenvalue weighted by Gasteiger charge is -2.13. The third kappa shape index (κ3) is 2.72. The molecule has 1 unspecified atom stereocenters. The van der Waals surface area contributed by atoms with Crippen molar-refractivity contribution in [3.05, 3.63) is 27.7 Å². The molecule has 1 rings (SSSR count). The van der Waals surface area contributed by atoms with Crippen LogP contribution in [0.2, 0.25) is 0 Å². The monoisotopic (exact) mass is 257 g/mol. The molecule has 0 aliphatic rings. The number of rotatable bonds is 3. The van der Waals surface area contributed by atoms with Crippen molar-refractivity contribution in [2.45, 2.75) is 26.3 Å². The van der Waals surface area contributed by atoms with E-state index in [4.69, 9.17) is 10.5 Å². The first-order valence-electron chi connectivity index (χ1n) is 4.63. The minimum Gasteiger partial charge on any atom is -0.495 e. The van der Waals surface area contributed by atoms with Crippen LogP contribution < -0.4 is 10.5 Å². The van der Waals surface area contributed by atoms with Gasteiger partial charge in [0.15, 0.2) is 0 Å². The summed E-state index contributed by atoms with van der Waals surface area (Å²) in [7, 11) is 1.68. The summed E-state index contributed by atoms with van der Waals surface area (Å²) in [4.78, 5) is 0. The number of hydrogen-bond acceptors (Lipinski definition) is 2. The lowest BCUT2D eigenvalue weighted by molar-refractivity contribution is 0.405. The molecule has 0 aliphatic heterocycles. The zero-order chi connectivity index (χ0) is 10.7. The molecular weight excluding hydrogens is 242 g/mol. The van der Waals surface area contributed by atoms with Crippen molar-refractivity contribution in [1.82, 2.24) is 0 Å². The summed E-state index contributed by atoms with van der Waals surface area (Å²) in [6, 6.07) is 4.31. The maximum absolute atomic E-state index is 5.78. The molecule has 1 aromatic carbocycles. The van der Waals surface area contributed by atoms with Crippen LogP contribution in [0.5, 0.6) is 5.75 Å². The average molecular weight is 258 g/mol. The molecule has 0 saturated heterocycles. The second-order valence-corrected chi connectivity index (χ2v) is 4.47. The molecule has 78 valence electrons. The van der Waals surface area contributed by atoms with Gasteiger partial charge in [-0.15, -0.1) is 0 Å². The maximum atomic E-state index is 5.78. The van der Waals surface area contributed by atoms with Crippen LogP contribution in [-0.2, 0) is 6.42 Å². The fourth-order valence-corrected chi connectivity index (χ4v) is 2.31. The molecule has 1 atom stereocenters. The highest BCUT2D eigenvalue weighted by molar-refractivity contribution is 9.10. The van der Waals surface area contributed by atoms with E-state index >= 15 is 0 Å². The first-order valence-corrected chi connectivity index (χ1v) is 5.42. The van der Waals surface area contributed by atoms with Crippen molar-refractivity contribution in [1.29, 1.82) is 0 Å². The third-order valence-corrected chi connectivity index (χ3v) is 2.60. The Hall–Kier alpha value is -0.540. The van der Waals surface area contributed by atoms with E-state index in [0.717, 1.165) is 22.2 Å². The predicted molar refractivity (Wildman–Crippen MR) is 62.8 cm³/mol. The molecule has 0 bridgehead atoms. The number of benzene rings is 1. The third-order valence-electron chi connectivity index (χ3n) is 2.01. The largest absolute Gasteiger partial charge is 0.495 e. The number of aryl methyl sites for hydroxylation is 1. The molecule has 14 heavy (non-hydrogen) atoms. The van der Waals surface area contributed by atoms with E-state index in [2.05, 4.69) is 28.9 Å². The number of ether oxygens (including phenoxy) is 1. The van der Waals surface area contributed by atoms with Crippen LogP contribution in [0.4, 0.5) is 0 Å². The minimum atomic E-state index is 0.151. The van der Waals surface area contributed by atoms with Gasteiger partial charge in [-0.2, -0.15) is 0 Å². The minimum absolute atomic E-state index is 0.151. The van der Waals surface area contributed by atoms with Crippen molar-refractivity contribution in [3.8, 4) is 5.75 Å². The highest BCUT2D eigenvalue weighted by Gasteiger charge is 2.09. The Balaban J connectivity index is 3.11. The maximum Gasteiger partial charge on any atom is 0.136 e. The Morgan fingerprint density at radius 2 is 2.14 bits per heavy atom. The molecule has 0 aromatic heterocycles. The molecule has 0 aliphatic carbocycles. The van der Waals surface area contributed by atoms with E-state index in [1.165, 1.54) is 5.56 Å². The second-order valence-electron chi connectivity index (χ2n) is 3.62. The van der Waals surface area contributed by atoms with E-state index in [0.29, 0.717) is 0 Å². The normalized spacial score (nSPS) is 12.6. The standard InChI is InChI=1S/C11H16BrNO/c1-7-4-9(6-8(2)13)11(14-3)10(12)5-7/h4-5,8H,6,13H2,1-3H3. The van der Waals surface area contributed by atoms with E-state index in [1.54, 1.807) is 7.11 Å². The molecule has 3 heteroatoms. The van der Waals surface area contributed by atoms with Crippen LogP contribution >= 0.6 is 15.9 Å². The summed E-state index contributed by atoms with van der Waals surface area (Å²) in [6.45, 7) is 4.06. The molecule has 0 fully saturated rings. The van der Waals surface area contributed by atoms with Crippen molar-refractivity contribution in [2.24, 2.45) is 5.73 Å². The molecule has 0 spiro atoms. The smallest absolute Gasteiger partial charge is 0.136 e. The highest BCUT2D eigenvalue weighted by atomic mass is 79.9. The molecular formula is C11H16BrNO. The van der Waals surface area contributed by atoms with Gasteiger partial charge in [0, 0.05) is 6.04 Å². The van der Waals surface area contributed by atoms with Gasteiger partial charge in [-0.3, -0.25) is 0 Å². The first-order chi connectivity index (χ1) is 6.54. The molecule has 0 amide bonds. The van der Waals surface area contributed by atoms with Gasteiger partial charge in [0.25, 0.3) is 0 Å². The SMILES string of the molecule is COc1c(Br)cc(C)cc1CC(C)N. The lowest BCUT2D eigenvalue weighted by Crippen LogP contribution is -2.18. The lowest BCUT2D eigenvalue weighted by atomic mass is 10.0. The van der Waals surface area contributed by atoms with Crippen LogP contribution in [0.3, 0.4) is 0 Å². The molecule has 2 N–H and O–H groups in total. The second kappa shape index (κ2) is 4.80. The summed E-state index contributed by atoms with van der Waals surface area (Å²) < 4.78 is 6.33. The Morgan fingerprint density at radius 1 is 1.50 bits per heavy atom. The van der Waals surface area contributed by atoms with Crippen molar-refractivity contribution in [3.63, 3.8) is 0 Å². The van der Waals surface area contributed by atoms with Gasteiger partial charge >= 0.3 is 0 Å². The van der Waals surface area contributed by atoms with Gasteiger partial charge in [0.2, 0.25) is 0 Å². The highest BCUT2D eigenvalue weighted by Crippen LogP contribution is 2.31. The van der Waals surface area contributed by atoms with Gasteiger partial charge < -0.3 is 10.5 Å². The van der Waals surface area contributed by atoms with Crippen LogP contribution in [0.25, 0.3) is 0 Å². The summed E-state index contributed by atoms with van der Waals surface area (Å²) in [5.41, 5.74) is 8.15. The summed E-state index contributed by atoms with van der Waals surface area (Å²) >= 11 is 3.48. The van der Waals surface area contributed by atoms with Crippen LogP contribution in [-0.4, -0.2) is 13.2 Å². The van der Waals surface area contributed by atoms with Gasteiger partial charge in [0.1, 0.15) is 5.75 Å². The van der Waals surface area contributed by atoms with E-state index in [1.807, 2.05) is 13.0 Å². The summed E-state index contributed by atoms with van der Waals surface area (Å²) in [6.07, 6.45) is 0.837. The van der Waals surface area contributed by atoms with E-state index in [9.17, 15) is 0 Å². The van der Waals surface area contributed by atoms with Crippen molar-refractivity contribution >= 4 is 15.9 Å². The molecule has 0 heterocycles. The molecule has 0 radical (unpaired) electrons. The first kappa shape index (κ1) is 11.5. The van der Waals surface area contributed by atoms with Gasteiger partial charge in [0.05, 0.1) is 11.6 Å². The number of hydrogen-bond donors (Lipinski definition) is 1. The average Bonchev–Trinajstić information content (AvgIpc) is 2.01. The van der Waals surface area contributed by atoms with Crippen molar-refractivity contribution in [2.75, 3.05) is 7.11 Å². The Morgan fingerprint density at radius 3 is 2.64 bits per heavy atom. The number of methoxy groups -OCH3 is 1. The van der Waals surface area contributed by atoms with Gasteiger partial charge in [-0.25, -0.2) is 0 Å². The van der Waals surface area contributed by atoms with Crippen molar-refractivity contribution < 1.29 is 4.74 Å². The summed E-state index contributed by atoms with van der Waals surface area (Å²) in [5.74, 6) is 0.896. The fourth-order valence-electron chi connectivity index (χ4n) is 1.53. The quantitative estimate of drug-likeness (QED) is 0.904. The predicted octanol–water partition coefficient (Wildman–Crippen LogP) is 2.66. The zero-order valence-electron chi connectivity index (χ0n) is 8.80. The Labute approximate surface area is 93.6 Å². The molecule has 0 saturated carbocycles. The molecule has 2 nitrogen and oxygen atoms in total.